The number of rotatable bonds is 2. The molecule has 1 saturated heterocycles. The molecule has 1 aromatic carbocycles. The molecule has 2 atom stereocenters. The fourth-order valence-corrected chi connectivity index (χ4v) is 3.01. The van der Waals surface area contributed by atoms with Crippen molar-refractivity contribution in [2.24, 2.45) is 11.7 Å². The van der Waals surface area contributed by atoms with E-state index in [1.165, 1.54) is 0 Å². The molecule has 1 aliphatic heterocycles. The summed E-state index contributed by atoms with van der Waals surface area (Å²) in [7, 11) is 0. The van der Waals surface area contributed by atoms with E-state index in [9.17, 15) is 4.79 Å². The summed E-state index contributed by atoms with van der Waals surface area (Å²) in [5, 5.41) is 0.496. The molecule has 1 amide bonds. The minimum Gasteiger partial charge on any atom is -0.338 e. The first-order valence-corrected chi connectivity index (χ1v) is 7.66. The molecule has 0 aromatic heterocycles. The summed E-state index contributed by atoms with van der Waals surface area (Å²) in [4.78, 5) is 14.4. The summed E-state index contributed by atoms with van der Waals surface area (Å²) < 4.78 is 0.862. The highest BCUT2D eigenvalue weighted by molar-refractivity contribution is 9.10. The molecule has 2 unspecified atom stereocenters. The number of carbonyl (C=O) groups is 1. The van der Waals surface area contributed by atoms with Gasteiger partial charge in [0.05, 0.1) is 10.6 Å². The number of nitrogens with two attached hydrogens (primary N) is 1. The van der Waals surface area contributed by atoms with Gasteiger partial charge in [0, 0.05) is 23.6 Å². The van der Waals surface area contributed by atoms with Gasteiger partial charge in [-0.2, -0.15) is 0 Å². The van der Waals surface area contributed by atoms with Gasteiger partial charge >= 0.3 is 0 Å². The van der Waals surface area contributed by atoms with Gasteiger partial charge in [0.1, 0.15) is 0 Å². The highest BCUT2D eigenvalue weighted by Crippen LogP contribution is 2.25. The average Bonchev–Trinajstić information content (AvgIpc) is 2.41. The van der Waals surface area contributed by atoms with Gasteiger partial charge < -0.3 is 10.6 Å². The molecule has 1 fully saturated rings. The molecule has 6 heteroatoms. The number of halogens is 3. The summed E-state index contributed by atoms with van der Waals surface area (Å²) in [5.74, 6) is 0.375. The Hall–Kier alpha value is -0.290. The lowest BCUT2D eigenvalue weighted by atomic mass is 9.92. The highest BCUT2D eigenvalue weighted by Gasteiger charge is 2.27. The second-order valence-corrected chi connectivity index (χ2v) is 6.46. The van der Waals surface area contributed by atoms with Gasteiger partial charge in [0.2, 0.25) is 0 Å². The Balaban J connectivity index is 0.00000200. The fraction of sp³-hybridized carbons (Fsp3) is 0.500. The van der Waals surface area contributed by atoms with Crippen molar-refractivity contribution in [2.45, 2.75) is 25.8 Å². The quantitative estimate of drug-likeness (QED) is 0.848. The molecule has 1 heterocycles. The number of carbonyl (C=O) groups excluding carboxylic acids is 1. The number of benzene rings is 1. The summed E-state index contributed by atoms with van der Waals surface area (Å²) in [5.41, 5.74) is 6.51. The number of nitrogens with zero attached hydrogens (tertiary/aromatic N) is 1. The third-order valence-electron chi connectivity index (χ3n) is 3.65. The van der Waals surface area contributed by atoms with Crippen LogP contribution in [0.15, 0.2) is 22.7 Å². The maximum atomic E-state index is 12.5. The van der Waals surface area contributed by atoms with Gasteiger partial charge in [0.25, 0.3) is 5.91 Å². The average molecular weight is 382 g/mol. The molecule has 112 valence electrons. The number of hydrogen-bond acceptors (Lipinski definition) is 2. The van der Waals surface area contributed by atoms with Gasteiger partial charge in [0.15, 0.2) is 0 Å². The lowest BCUT2D eigenvalue weighted by Crippen LogP contribution is -2.45. The monoisotopic (exact) mass is 380 g/mol. The molecule has 0 radical (unpaired) electrons. The molecule has 0 bridgehead atoms. The molecule has 20 heavy (non-hydrogen) atoms. The largest absolute Gasteiger partial charge is 0.338 e. The van der Waals surface area contributed by atoms with E-state index in [1.54, 1.807) is 12.1 Å². The van der Waals surface area contributed by atoms with Crippen LogP contribution in [-0.2, 0) is 0 Å². The van der Waals surface area contributed by atoms with Crippen molar-refractivity contribution >= 4 is 45.8 Å². The Morgan fingerprint density at radius 3 is 2.90 bits per heavy atom. The number of piperidine rings is 1. The zero-order chi connectivity index (χ0) is 14.0. The van der Waals surface area contributed by atoms with Gasteiger partial charge in [-0.25, -0.2) is 0 Å². The third kappa shape index (κ3) is 4.10. The predicted molar refractivity (Wildman–Crippen MR) is 88.7 cm³/mol. The first-order valence-electron chi connectivity index (χ1n) is 6.49. The van der Waals surface area contributed by atoms with Crippen LogP contribution >= 0.6 is 39.9 Å². The fourth-order valence-electron chi connectivity index (χ4n) is 2.46. The first-order chi connectivity index (χ1) is 8.99. The highest BCUT2D eigenvalue weighted by atomic mass is 79.9. The van der Waals surface area contributed by atoms with Crippen molar-refractivity contribution in [3.8, 4) is 0 Å². The zero-order valence-corrected chi connectivity index (χ0v) is 14.5. The van der Waals surface area contributed by atoms with E-state index >= 15 is 0 Å². The van der Waals surface area contributed by atoms with Crippen molar-refractivity contribution < 1.29 is 4.79 Å². The van der Waals surface area contributed by atoms with Crippen LogP contribution in [0.25, 0.3) is 0 Å². The molecule has 1 aliphatic rings. The van der Waals surface area contributed by atoms with Crippen molar-refractivity contribution in [1.29, 1.82) is 0 Å². The maximum absolute atomic E-state index is 12.5. The molecule has 3 nitrogen and oxygen atoms in total. The second kappa shape index (κ2) is 7.64. The van der Waals surface area contributed by atoms with Crippen LogP contribution < -0.4 is 5.73 Å². The molecule has 0 aliphatic carbocycles. The molecular weight excluding hydrogens is 363 g/mol. The van der Waals surface area contributed by atoms with E-state index in [0.717, 1.165) is 30.4 Å². The van der Waals surface area contributed by atoms with E-state index in [-0.39, 0.29) is 24.4 Å². The van der Waals surface area contributed by atoms with E-state index in [1.807, 2.05) is 17.9 Å². The van der Waals surface area contributed by atoms with Crippen LogP contribution in [0.3, 0.4) is 0 Å². The zero-order valence-electron chi connectivity index (χ0n) is 11.3. The Kier molecular flexibility index (Phi) is 6.79. The minimum absolute atomic E-state index is 0. The SMILES string of the molecule is CC(N)C1CCCN(C(=O)c2cc(Br)ccc2Cl)C1.Cl. The van der Waals surface area contributed by atoms with Crippen LogP contribution in [0.4, 0.5) is 0 Å². The second-order valence-electron chi connectivity index (χ2n) is 5.14. The standard InChI is InChI=1S/C14H18BrClN2O.ClH/c1-9(17)10-3-2-6-18(8-10)14(19)12-7-11(15)4-5-13(12)16;/h4-5,7,9-10H,2-3,6,8,17H2,1H3;1H. The summed E-state index contributed by atoms with van der Waals surface area (Å²) in [6, 6.07) is 5.47. The normalized spacial score (nSPS) is 20.2. The van der Waals surface area contributed by atoms with Crippen LogP contribution in [0, 0.1) is 5.92 Å². The summed E-state index contributed by atoms with van der Waals surface area (Å²) in [6.45, 7) is 3.51. The Morgan fingerprint density at radius 1 is 1.55 bits per heavy atom. The maximum Gasteiger partial charge on any atom is 0.255 e. The Bertz CT molecular complexity index is 482. The Labute approximate surface area is 139 Å². The van der Waals surface area contributed by atoms with Gasteiger partial charge in [-0.3, -0.25) is 4.79 Å². The van der Waals surface area contributed by atoms with Crippen molar-refractivity contribution in [2.75, 3.05) is 13.1 Å². The van der Waals surface area contributed by atoms with Crippen LogP contribution in [0.1, 0.15) is 30.1 Å². The van der Waals surface area contributed by atoms with E-state index in [4.69, 9.17) is 17.3 Å². The number of hydrogen-bond donors (Lipinski definition) is 1. The van der Waals surface area contributed by atoms with E-state index in [0.29, 0.717) is 16.5 Å². The molecular formula is C14H19BrCl2N2O. The molecule has 1 aromatic rings. The van der Waals surface area contributed by atoms with Crippen LogP contribution in [-0.4, -0.2) is 29.9 Å². The van der Waals surface area contributed by atoms with Crippen molar-refractivity contribution in [3.05, 3.63) is 33.3 Å². The van der Waals surface area contributed by atoms with Crippen molar-refractivity contribution in [3.63, 3.8) is 0 Å². The van der Waals surface area contributed by atoms with E-state index < -0.39 is 0 Å². The summed E-state index contributed by atoms with van der Waals surface area (Å²) >= 11 is 9.49. The van der Waals surface area contributed by atoms with E-state index in [2.05, 4.69) is 15.9 Å². The lowest BCUT2D eigenvalue weighted by molar-refractivity contribution is 0.0661. The molecule has 2 rings (SSSR count). The summed E-state index contributed by atoms with van der Waals surface area (Å²) in [6.07, 6.45) is 2.09. The lowest BCUT2D eigenvalue weighted by Gasteiger charge is -2.34. The van der Waals surface area contributed by atoms with Crippen LogP contribution in [0.5, 0.6) is 0 Å². The third-order valence-corrected chi connectivity index (χ3v) is 4.47. The van der Waals surface area contributed by atoms with Crippen LogP contribution in [0.2, 0.25) is 5.02 Å². The minimum atomic E-state index is -0.00310. The predicted octanol–water partition coefficient (Wildman–Crippen LogP) is 3.72. The van der Waals surface area contributed by atoms with Gasteiger partial charge in [-0.15, -0.1) is 12.4 Å². The number of likely N-dealkylation sites (tertiary alicyclic amines) is 1. The smallest absolute Gasteiger partial charge is 0.255 e. The Morgan fingerprint density at radius 2 is 2.25 bits per heavy atom. The van der Waals surface area contributed by atoms with Gasteiger partial charge in [-0.1, -0.05) is 27.5 Å². The van der Waals surface area contributed by atoms with Crippen molar-refractivity contribution in [1.82, 2.24) is 4.90 Å². The topological polar surface area (TPSA) is 46.3 Å². The van der Waals surface area contributed by atoms with Gasteiger partial charge in [-0.05, 0) is 43.9 Å². The number of amides is 1. The molecule has 0 saturated carbocycles. The molecule has 0 spiro atoms. The first kappa shape index (κ1) is 17.8. The molecule has 2 N–H and O–H groups in total.